The smallest absolute Gasteiger partial charge is 0.335 e. The lowest BCUT2D eigenvalue weighted by Gasteiger charge is -2.02. The molecule has 4 heteroatoms. The van der Waals surface area contributed by atoms with Crippen molar-refractivity contribution in [2.75, 3.05) is 0 Å². The molecule has 0 unspecified atom stereocenters. The molecule has 0 aliphatic heterocycles. The van der Waals surface area contributed by atoms with E-state index >= 15 is 0 Å². The third-order valence-electron chi connectivity index (χ3n) is 3.61. The molecule has 104 valence electrons. The van der Waals surface area contributed by atoms with E-state index < -0.39 is 5.97 Å². The number of carboxylic acids is 1. The zero-order valence-corrected chi connectivity index (χ0v) is 12.1. The average molecular weight is 270 g/mol. The van der Waals surface area contributed by atoms with Gasteiger partial charge in [-0.2, -0.15) is 0 Å². The van der Waals surface area contributed by atoms with E-state index in [4.69, 9.17) is 5.11 Å². The van der Waals surface area contributed by atoms with Crippen LogP contribution in [-0.4, -0.2) is 21.9 Å². The molecular formula is C16H18N2O2. The monoisotopic (exact) mass is 270 g/mol. The third-order valence-corrected chi connectivity index (χ3v) is 3.61. The van der Waals surface area contributed by atoms with Crippen LogP contribution in [0.25, 0.3) is 0 Å². The van der Waals surface area contributed by atoms with Crippen LogP contribution in [0.5, 0.6) is 0 Å². The van der Waals surface area contributed by atoms with Gasteiger partial charge in [0.1, 0.15) is 0 Å². The molecule has 0 amide bonds. The van der Waals surface area contributed by atoms with E-state index in [0.29, 0.717) is 5.69 Å². The summed E-state index contributed by atoms with van der Waals surface area (Å²) in [6, 6.07) is 7.03. The molecule has 1 N–H and O–H groups in total. The number of aliphatic imine (C=N–C) groups is 1. The van der Waals surface area contributed by atoms with Gasteiger partial charge in [0.15, 0.2) is 0 Å². The summed E-state index contributed by atoms with van der Waals surface area (Å²) >= 11 is 0. The summed E-state index contributed by atoms with van der Waals surface area (Å²) in [6.45, 7) is 6.00. The van der Waals surface area contributed by atoms with Gasteiger partial charge in [-0.25, -0.2) is 4.79 Å². The summed E-state index contributed by atoms with van der Waals surface area (Å²) in [7, 11) is 2.01. The first-order chi connectivity index (χ1) is 9.40. The lowest BCUT2D eigenvalue weighted by Crippen LogP contribution is -1.96. The Morgan fingerprint density at radius 1 is 1.25 bits per heavy atom. The fraction of sp³-hybridized carbons (Fsp3) is 0.250. The minimum atomic E-state index is -0.937. The van der Waals surface area contributed by atoms with E-state index in [-0.39, 0.29) is 5.56 Å². The molecule has 0 aliphatic carbocycles. The second kappa shape index (κ2) is 5.33. The lowest BCUT2D eigenvalue weighted by molar-refractivity contribution is 0.0697. The van der Waals surface area contributed by atoms with E-state index in [1.54, 1.807) is 24.4 Å². The van der Waals surface area contributed by atoms with Gasteiger partial charge in [-0.15, -0.1) is 0 Å². The fourth-order valence-electron chi connectivity index (χ4n) is 2.04. The van der Waals surface area contributed by atoms with Crippen LogP contribution >= 0.6 is 0 Å². The van der Waals surface area contributed by atoms with Crippen molar-refractivity contribution in [3.63, 3.8) is 0 Å². The van der Waals surface area contributed by atoms with Crippen molar-refractivity contribution in [2.24, 2.45) is 12.0 Å². The summed E-state index contributed by atoms with van der Waals surface area (Å²) in [5, 5.41) is 9.01. The van der Waals surface area contributed by atoms with Gasteiger partial charge in [-0.05, 0) is 44.5 Å². The van der Waals surface area contributed by atoms with Crippen LogP contribution < -0.4 is 0 Å². The largest absolute Gasteiger partial charge is 0.478 e. The van der Waals surface area contributed by atoms with Crippen LogP contribution in [-0.2, 0) is 7.05 Å². The first-order valence-electron chi connectivity index (χ1n) is 6.41. The van der Waals surface area contributed by atoms with E-state index in [1.807, 2.05) is 27.8 Å². The lowest BCUT2D eigenvalue weighted by atomic mass is 10.1. The summed E-state index contributed by atoms with van der Waals surface area (Å²) in [4.78, 5) is 15.4. The van der Waals surface area contributed by atoms with E-state index in [9.17, 15) is 4.79 Å². The molecule has 1 aromatic heterocycles. The number of hydrogen-bond acceptors (Lipinski definition) is 2. The molecule has 2 aromatic rings. The topological polar surface area (TPSA) is 54.6 Å². The molecule has 0 bridgehead atoms. The molecule has 0 radical (unpaired) electrons. The van der Waals surface area contributed by atoms with Crippen LogP contribution in [0.15, 0.2) is 29.3 Å². The number of rotatable bonds is 3. The molecule has 0 atom stereocenters. The minimum absolute atomic E-state index is 0.253. The number of aromatic nitrogens is 1. The Kier molecular flexibility index (Phi) is 3.74. The van der Waals surface area contributed by atoms with Crippen molar-refractivity contribution in [1.29, 1.82) is 0 Å². The first kappa shape index (κ1) is 14.1. The molecular weight excluding hydrogens is 252 g/mol. The van der Waals surface area contributed by atoms with Crippen LogP contribution in [0.3, 0.4) is 0 Å². The van der Waals surface area contributed by atoms with Gasteiger partial charge in [0.25, 0.3) is 0 Å². The van der Waals surface area contributed by atoms with Gasteiger partial charge in [0, 0.05) is 30.2 Å². The van der Waals surface area contributed by atoms with Gasteiger partial charge >= 0.3 is 5.97 Å². The summed E-state index contributed by atoms with van der Waals surface area (Å²) in [5.74, 6) is -0.937. The maximum absolute atomic E-state index is 11.0. The Morgan fingerprint density at radius 3 is 2.50 bits per heavy atom. The van der Waals surface area contributed by atoms with Crippen LogP contribution in [0.1, 0.15) is 32.9 Å². The molecule has 20 heavy (non-hydrogen) atoms. The van der Waals surface area contributed by atoms with E-state index in [1.165, 1.54) is 5.69 Å². The van der Waals surface area contributed by atoms with Crippen LogP contribution in [0, 0.1) is 20.8 Å². The average Bonchev–Trinajstić information content (AvgIpc) is 2.65. The zero-order valence-electron chi connectivity index (χ0n) is 12.1. The predicted octanol–water partition coefficient (Wildman–Crippen LogP) is 3.40. The second-order valence-corrected chi connectivity index (χ2v) is 4.95. The summed E-state index contributed by atoms with van der Waals surface area (Å²) in [6.07, 6.45) is 1.79. The minimum Gasteiger partial charge on any atom is -0.478 e. The third kappa shape index (κ3) is 2.64. The fourth-order valence-corrected chi connectivity index (χ4v) is 2.04. The van der Waals surface area contributed by atoms with Crippen molar-refractivity contribution in [1.82, 2.24) is 4.57 Å². The number of hydrogen-bond donors (Lipinski definition) is 1. The Morgan fingerprint density at radius 2 is 1.95 bits per heavy atom. The number of carboxylic acid groups (broad SMARTS) is 1. The highest BCUT2D eigenvalue weighted by molar-refractivity contribution is 5.90. The van der Waals surface area contributed by atoms with Crippen LogP contribution in [0.4, 0.5) is 5.69 Å². The quantitative estimate of drug-likeness (QED) is 0.869. The predicted molar refractivity (Wildman–Crippen MR) is 80.3 cm³/mol. The zero-order chi connectivity index (χ0) is 14.9. The molecule has 2 rings (SSSR count). The second-order valence-electron chi connectivity index (χ2n) is 4.95. The van der Waals surface area contributed by atoms with Crippen molar-refractivity contribution >= 4 is 17.9 Å². The number of aryl methyl sites for hydroxylation is 2. The summed E-state index contributed by atoms with van der Waals surface area (Å²) < 4.78 is 2.10. The standard InChI is InChI=1S/C16H18N2O2/c1-10-5-6-13(16(19)20)8-15(10)17-9-14-7-11(2)18(4)12(14)3/h5-9H,1-4H3,(H,19,20). The van der Waals surface area contributed by atoms with Crippen molar-refractivity contribution < 1.29 is 9.90 Å². The number of aromatic carboxylic acids is 1. The van der Waals surface area contributed by atoms with Crippen molar-refractivity contribution in [2.45, 2.75) is 20.8 Å². The number of benzene rings is 1. The Balaban J connectivity index is 2.38. The van der Waals surface area contributed by atoms with Crippen LogP contribution in [0.2, 0.25) is 0 Å². The Bertz CT molecular complexity index is 697. The Labute approximate surface area is 118 Å². The molecule has 0 aliphatic rings. The van der Waals surface area contributed by atoms with E-state index in [0.717, 1.165) is 16.8 Å². The van der Waals surface area contributed by atoms with Gasteiger partial charge in [-0.3, -0.25) is 4.99 Å². The maximum Gasteiger partial charge on any atom is 0.335 e. The van der Waals surface area contributed by atoms with Gasteiger partial charge in [0.05, 0.1) is 11.3 Å². The van der Waals surface area contributed by atoms with Crippen molar-refractivity contribution in [3.8, 4) is 0 Å². The molecule has 0 fully saturated rings. The van der Waals surface area contributed by atoms with Gasteiger partial charge < -0.3 is 9.67 Å². The van der Waals surface area contributed by atoms with Gasteiger partial charge in [0.2, 0.25) is 0 Å². The highest BCUT2D eigenvalue weighted by atomic mass is 16.4. The molecule has 1 aromatic carbocycles. The SMILES string of the molecule is Cc1ccc(C(=O)O)cc1N=Cc1cc(C)n(C)c1C. The highest BCUT2D eigenvalue weighted by Crippen LogP contribution is 2.21. The molecule has 1 heterocycles. The number of nitrogens with zero attached hydrogens (tertiary/aromatic N) is 2. The highest BCUT2D eigenvalue weighted by Gasteiger charge is 2.06. The maximum atomic E-state index is 11.0. The molecule has 0 saturated heterocycles. The normalized spacial score (nSPS) is 11.2. The van der Waals surface area contributed by atoms with Crippen molar-refractivity contribution in [3.05, 3.63) is 52.3 Å². The van der Waals surface area contributed by atoms with Gasteiger partial charge in [-0.1, -0.05) is 6.07 Å². The summed E-state index contributed by atoms with van der Waals surface area (Å²) in [5.41, 5.74) is 5.24. The Hall–Kier alpha value is -2.36. The van der Waals surface area contributed by atoms with E-state index in [2.05, 4.69) is 15.6 Å². The molecule has 0 saturated carbocycles. The number of carbonyl (C=O) groups is 1. The molecule has 0 spiro atoms. The first-order valence-corrected chi connectivity index (χ1v) is 6.41. The molecule has 4 nitrogen and oxygen atoms in total.